The number of ether oxygens (including phenoxy) is 4. The molecule has 0 N–H and O–H groups in total. The fourth-order valence-corrected chi connectivity index (χ4v) is 8.66. The molecule has 330 valence electrons. The highest BCUT2D eigenvalue weighted by atomic mass is 16.5. The molecule has 64 heavy (non-hydrogen) atoms. The highest BCUT2D eigenvalue weighted by Crippen LogP contribution is 2.40. The summed E-state index contributed by atoms with van der Waals surface area (Å²) in [5, 5.41) is 40.9. The first kappa shape index (κ1) is 46.3. The van der Waals surface area contributed by atoms with Crippen molar-refractivity contribution in [3.8, 4) is 24.3 Å². The van der Waals surface area contributed by atoms with Gasteiger partial charge in [0, 0.05) is 50.4 Å². The summed E-state index contributed by atoms with van der Waals surface area (Å²) >= 11 is 0. The van der Waals surface area contributed by atoms with Crippen LogP contribution in [0.2, 0.25) is 0 Å². The molecule has 0 aromatic heterocycles. The van der Waals surface area contributed by atoms with E-state index in [1.54, 1.807) is 0 Å². The van der Waals surface area contributed by atoms with Crippen LogP contribution >= 0.6 is 0 Å². The lowest BCUT2D eigenvalue weighted by Crippen LogP contribution is -2.31. The van der Waals surface area contributed by atoms with Crippen molar-refractivity contribution in [2.45, 2.75) is 90.3 Å². The molecule has 2 aliphatic heterocycles. The number of likely N-dealkylation sites (tertiary alicyclic amines) is 2. The van der Waals surface area contributed by atoms with Crippen molar-refractivity contribution in [1.82, 2.24) is 9.80 Å². The second-order valence-electron chi connectivity index (χ2n) is 16.3. The van der Waals surface area contributed by atoms with E-state index in [9.17, 15) is 40.2 Å². The first-order valence-electron chi connectivity index (χ1n) is 22.0. The first-order chi connectivity index (χ1) is 31.3. The minimum absolute atomic E-state index is 0.00748. The maximum Gasteiger partial charge on any atom is 0.349 e. The van der Waals surface area contributed by atoms with Crippen LogP contribution in [0.3, 0.4) is 0 Å². The number of hydrogen-bond acceptors (Lipinski definition) is 14. The monoisotopic (exact) mass is 864 g/mol. The second-order valence-corrected chi connectivity index (χ2v) is 16.3. The smallest absolute Gasteiger partial charge is 0.349 e. The molecule has 0 bridgehead atoms. The fraction of sp³-hybridized carbons (Fsp3) is 0.440. The van der Waals surface area contributed by atoms with Gasteiger partial charge in [-0.1, -0.05) is 60.7 Å². The summed E-state index contributed by atoms with van der Waals surface area (Å²) in [7, 11) is 0. The molecule has 14 heteroatoms. The van der Waals surface area contributed by atoms with E-state index in [1.165, 1.54) is 0 Å². The van der Waals surface area contributed by atoms with Crippen LogP contribution in [0, 0.1) is 57.2 Å². The van der Waals surface area contributed by atoms with Crippen LogP contribution in [-0.4, -0.2) is 73.1 Å². The number of rotatable bonds is 17. The van der Waals surface area contributed by atoms with Crippen LogP contribution in [0.25, 0.3) is 0 Å². The van der Waals surface area contributed by atoms with Gasteiger partial charge in [-0.05, 0) is 86.5 Å². The van der Waals surface area contributed by atoms with Crippen molar-refractivity contribution >= 4 is 23.9 Å². The zero-order valence-electron chi connectivity index (χ0n) is 36.0. The molecule has 2 fully saturated rings. The number of allylic oxidation sites excluding steroid dienone is 6. The maximum absolute atomic E-state index is 13.4. The van der Waals surface area contributed by atoms with E-state index in [2.05, 4.69) is 21.9 Å². The van der Waals surface area contributed by atoms with Gasteiger partial charge in [-0.15, -0.1) is 0 Å². The van der Waals surface area contributed by atoms with Gasteiger partial charge in [0.1, 0.15) is 48.6 Å². The topological polar surface area (TPSA) is 207 Å². The van der Waals surface area contributed by atoms with E-state index < -0.39 is 35.7 Å². The third-order valence-electron chi connectivity index (χ3n) is 12.0. The van der Waals surface area contributed by atoms with Gasteiger partial charge >= 0.3 is 23.9 Å². The van der Waals surface area contributed by atoms with Gasteiger partial charge in [0.25, 0.3) is 0 Å². The van der Waals surface area contributed by atoms with Crippen LogP contribution in [0.5, 0.6) is 0 Å². The molecule has 2 atom stereocenters. The maximum atomic E-state index is 13.4. The standard InChI is InChI=1S/C50H52N6O8/c51-29-41-39(25-37(27-45(41)55-19-9-10-20-55)47(57)63-33-35-15-5-3-6-16-35)43(31-53)49(59)61-23-13-1-2-14-24-62-50(60)44(32-54)40-26-38(48(58)64-34-36-17-7-4-8-18-36)28-46(42(40)30-52)56-21-11-12-22-56/h3-8,15-18,37-38H,1-2,9-14,19-28,33-34H2/b43-39+,44-40+. The molecule has 14 nitrogen and oxygen atoms in total. The van der Waals surface area contributed by atoms with Crippen molar-refractivity contribution in [1.29, 1.82) is 21.0 Å². The predicted octanol–water partition coefficient (Wildman–Crippen LogP) is 7.33. The molecule has 2 aliphatic carbocycles. The van der Waals surface area contributed by atoms with Crippen molar-refractivity contribution in [3.05, 3.63) is 117 Å². The Morgan fingerprint density at radius 1 is 0.516 bits per heavy atom. The molecular formula is C50H52N6O8. The van der Waals surface area contributed by atoms with E-state index in [0.717, 1.165) is 36.8 Å². The number of hydrogen-bond donors (Lipinski definition) is 0. The lowest BCUT2D eigenvalue weighted by Gasteiger charge is -2.31. The molecular weight excluding hydrogens is 813 g/mol. The molecule has 2 aromatic rings. The number of carbonyl (C=O) groups excluding carboxylic acids is 4. The molecule has 2 saturated heterocycles. The lowest BCUT2D eigenvalue weighted by molar-refractivity contribution is -0.151. The number of nitriles is 4. The first-order valence-corrected chi connectivity index (χ1v) is 22.0. The Morgan fingerprint density at radius 3 is 1.23 bits per heavy atom. The minimum atomic E-state index is -0.872. The Hall–Kier alpha value is -7.16. The lowest BCUT2D eigenvalue weighted by atomic mass is 9.81. The number of benzene rings is 2. The van der Waals surface area contributed by atoms with Crippen LogP contribution in [-0.2, 0) is 51.3 Å². The van der Waals surface area contributed by atoms with Crippen molar-refractivity contribution < 1.29 is 38.1 Å². The second kappa shape index (κ2) is 23.3. The number of nitrogens with zero attached hydrogens (tertiary/aromatic N) is 6. The zero-order valence-corrected chi connectivity index (χ0v) is 36.0. The Balaban J connectivity index is 1.03. The van der Waals surface area contributed by atoms with E-state index in [0.29, 0.717) is 63.3 Å². The Labute approximate surface area is 374 Å². The normalized spacial score (nSPS) is 20.0. The SMILES string of the molecule is N#CC1=C(N2CCCC2)CC(C(=O)OCc2ccccc2)C/C1=C(/C#N)C(=O)OCCCCCCOC(=O)/C(C#N)=C1\CC(C(=O)OCc2ccccc2)CC(N2CCCC2)=C1C#N. The zero-order chi connectivity index (χ0) is 45.3. The van der Waals surface area contributed by atoms with E-state index >= 15 is 0 Å². The molecule has 0 amide bonds. The van der Waals surface area contributed by atoms with E-state index in [4.69, 9.17) is 18.9 Å². The van der Waals surface area contributed by atoms with Gasteiger partial charge < -0.3 is 28.7 Å². The van der Waals surface area contributed by atoms with Gasteiger partial charge in [0.15, 0.2) is 0 Å². The minimum Gasteiger partial charge on any atom is -0.462 e. The van der Waals surface area contributed by atoms with Gasteiger partial charge in [-0.3, -0.25) is 9.59 Å². The Kier molecular flexibility index (Phi) is 16.9. The van der Waals surface area contributed by atoms with Gasteiger partial charge in [-0.2, -0.15) is 21.0 Å². The molecule has 6 rings (SSSR count). The fourth-order valence-electron chi connectivity index (χ4n) is 8.66. The van der Waals surface area contributed by atoms with Crippen molar-refractivity contribution in [2.24, 2.45) is 11.8 Å². The quantitative estimate of drug-likeness (QED) is 0.0502. The van der Waals surface area contributed by atoms with E-state index in [-0.39, 0.29) is 85.5 Å². The van der Waals surface area contributed by atoms with Crippen LogP contribution in [0.4, 0.5) is 0 Å². The Bertz CT molecular complexity index is 2180. The Morgan fingerprint density at radius 2 is 0.891 bits per heavy atom. The molecule has 4 aliphatic rings. The molecule has 0 spiro atoms. The molecule has 2 unspecified atom stereocenters. The summed E-state index contributed by atoms with van der Waals surface area (Å²) in [6, 6.07) is 26.9. The summed E-state index contributed by atoms with van der Waals surface area (Å²) < 4.78 is 22.3. The predicted molar refractivity (Wildman–Crippen MR) is 230 cm³/mol. The molecule has 2 aromatic carbocycles. The summed E-state index contributed by atoms with van der Waals surface area (Å²) in [5.41, 5.74) is 3.14. The molecule has 0 radical (unpaired) electrons. The summed E-state index contributed by atoms with van der Waals surface area (Å²) in [5.74, 6) is -4.07. The third-order valence-corrected chi connectivity index (χ3v) is 12.0. The van der Waals surface area contributed by atoms with E-state index in [1.807, 2.05) is 72.8 Å². The van der Waals surface area contributed by atoms with Gasteiger partial charge in [-0.25, -0.2) is 9.59 Å². The van der Waals surface area contributed by atoms with Crippen molar-refractivity contribution in [2.75, 3.05) is 39.4 Å². The largest absolute Gasteiger partial charge is 0.462 e. The average Bonchev–Trinajstić information content (AvgIpc) is 4.08. The summed E-state index contributed by atoms with van der Waals surface area (Å²) in [6.45, 7) is 2.96. The highest BCUT2D eigenvalue weighted by Gasteiger charge is 2.38. The number of unbranched alkanes of at least 4 members (excludes halogenated alkanes) is 3. The molecule has 2 heterocycles. The van der Waals surface area contributed by atoms with Gasteiger partial charge in [0.05, 0.1) is 36.2 Å². The van der Waals surface area contributed by atoms with Gasteiger partial charge in [0.2, 0.25) is 0 Å². The average molecular weight is 865 g/mol. The third kappa shape index (κ3) is 11.8. The van der Waals surface area contributed by atoms with Crippen molar-refractivity contribution in [3.63, 3.8) is 0 Å². The van der Waals surface area contributed by atoms with Crippen LogP contribution < -0.4 is 0 Å². The molecule has 0 saturated carbocycles. The van der Waals surface area contributed by atoms with Crippen LogP contribution in [0.1, 0.15) is 88.2 Å². The summed E-state index contributed by atoms with van der Waals surface area (Å²) in [6.07, 6.45) is 6.26. The number of carbonyl (C=O) groups is 4. The summed E-state index contributed by atoms with van der Waals surface area (Å²) in [4.78, 5) is 57.6. The highest BCUT2D eigenvalue weighted by molar-refractivity contribution is 5.96. The number of esters is 4. The van der Waals surface area contributed by atoms with Crippen LogP contribution in [0.15, 0.2) is 105 Å².